The Morgan fingerprint density at radius 1 is 1.90 bits per heavy atom. The van der Waals surface area contributed by atoms with Crippen LogP contribution in [0.25, 0.3) is 0 Å². The Morgan fingerprint density at radius 2 is 2.70 bits per heavy atom. The summed E-state index contributed by atoms with van der Waals surface area (Å²) >= 11 is 0. The molecule has 0 amide bonds. The largest absolute Gasteiger partial charge is 0.257 e. The van der Waals surface area contributed by atoms with Gasteiger partial charge >= 0.3 is 0 Å². The van der Waals surface area contributed by atoms with E-state index >= 15 is 0 Å². The van der Waals surface area contributed by atoms with Gasteiger partial charge in [-0.05, 0) is 6.92 Å². The summed E-state index contributed by atoms with van der Waals surface area (Å²) in [6, 6.07) is 0. The third-order valence-electron chi connectivity index (χ3n) is 0.965. The lowest BCUT2D eigenvalue weighted by Gasteiger charge is -1.87. The summed E-state index contributed by atoms with van der Waals surface area (Å²) < 4.78 is 13.6. The van der Waals surface area contributed by atoms with E-state index in [9.17, 15) is 4.39 Å². The van der Waals surface area contributed by atoms with Crippen LogP contribution in [0, 0.1) is 23.9 Å². The van der Waals surface area contributed by atoms with Gasteiger partial charge < -0.3 is 0 Å². The van der Waals surface area contributed by atoms with Gasteiger partial charge in [-0.15, -0.1) is 5.92 Å². The van der Waals surface area contributed by atoms with E-state index < -0.39 is 5.82 Å². The van der Waals surface area contributed by atoms with Crippen molar-refractivity contribution in [3.63, 3.8) is 0 Å². The van der Waals surface area contributed by atoms with Gasteiger partial charge in [-0.25, -0.2) is 4.39 Å². The van der Waals surface area contributed by atoms with E-state index in [1.807, 2.05) is 0 Å². The molecule has 0 unspecified atom stereocenters. The van der Waals surface area contributed by atoms with Crippen LogP contribution in [-0.4, -0.2) is 9.78 Å². The minimum Gasteiger partial charge on any atom is -0.257 e. The molecule has 2 nitrogen and oxygen atoms in total. The fourth-order valence-electron chi connectivity index (χ4n) is 0.542. The fraction of sp³-hybridized carbons (Fsp3) is 0.286. The average molecular weight is 137 g/mol. The molecule has 0 fully saturated rings. The van der Waals surface area contributed by atoms with Crippen LogP contribution in [0.4, 0.5) is 4.39 Å². The molecule has 0 bridgehead atoms. The molecule has 1 aromatic rings. The van der Waals surface area contributed by atoms with Crippen molar-refractivity contribution in [3.05, 3.63) is 18.2 Å². The molecule has 0 saturated heterocycles. The first-order valence-electron chi connectivity index (χ1n) is 2.83. The second-order valence-electron chi connectivity index (χ2n) is 1.71. The molecule has 1 heterocycles. The van der Waals surface area contributed by atoms with E-state index in [1.165, 1.54) is 10.9 Å². The minimum absolute atomic E-state index is 0.428. The Balaban J connectivity index is 2.64. The smallest absolute Gasteiger partial charge is 0.170 e. The van der Waals surface area contributed by atoms with Gasteiger partial charge in [0.2, 0.25) is 0 Å². The molecule has 0 aliphatic heterocycles. The fourth-order valence-corrected chi connectivity index (χ4v) is 0.542. The van der Waals surface area contributed by atoms with E-state index in [0.29, 0.717) is 6.54 Å². The van der Waals surface area contributed by atoms with Crippen LogP contribution in [0.3, 0.4) is 0 Å². The summed E-state index contributed by atoms with van der Waals surface area (Å²) in [6.45, 7) is 2.15. The normalized spacial score (nSPS) is 8.60. The van der Waals surface area contributed by atoms with E-state index in [0.717, 1.165) is 0 Å². The van der Waals surface area contributed by atoms with Crippen LogP contribution in [0.15, 0.2) is 6.20 Å². The van der Waals surface area contributed by atoms with E-state index in [1.54, 1.807) is 6.92 Å². The molecule has 0 saturated carbocycles. The van der Waals surface area contributed by atoms with Gasteiger partial charge in [-0.2, -0.15) is 5.10 Å². The number of nitrogens with zero attached hydrogens (tertiary/aromatic N) is 2. The number of rotatable bonds is 1. The Labute approximate surface area is 58.7 Å². The molecule has 10 heavy (non-hydrogen) atoms. The van der Waals surface area contributed by atoms with Gasteiger partial charge in [0.25, 0.3) is 0 Å². The monoisotopic (exact) mass is 137 g/mol. The summed E-state index contributed by atoms with van der Waals surface area (Å²) in [7, 11) is 0. The van der Waals surface area contributed by atoms with Crippen LogP contribution in [0.2, 0.25) is 0 Å². The van der Waals surface area contributed by atoms with Crippen molar-refractivity contribution < 1.29 is 4.39 Å². The Bertz CT molecular complexity index is 267. The number of hydrogen-bond donors (Lipinski definition) is 0. The zero-order valence-electron chi connectivity index (χ0n) is 5.56. The van der Waals surface area contributed by atoms with Crippen molar-refractivity contribution in [1.29, 1.82) is 0 Å². The second-order valence-corrected chi connectivity index (χ2v) is 1.71. The Hall–Kier alpha value is -1.30. The predicted molar refractivity (Wildman–Crippen MR) is 34.5 cm³/mol. The molecule has 0 N–H and O–H groups in total. The van der Waals surface area contributed by atoms with Crippen molar-refractivity contribution in [2.24, 2.45) is 0 Å². The maximum Gasteiger partial charge on any atom is 0.170 e. The third kappa shape index (κ3) is 1.59. The molecular weight excluding hydrogens is 131 g/mol. The highest BCUT2D eigenvalue weighted by Crippen LogP contribution is 1.90. The number of aromatic nitrogens is 2. The van der Waals surface area contributed by atoms with Crippen molar-refractivity contribution >= 4 is 0 Å². The SMILES string of the molecule is CC#CCn1cc(F)[c]n1. The van der Waals surface area contributed by atoms with E-state index in [4.69, 9.17) is 0 Å². The quantitative estimate of drug-likeness (QED) is 0.524. The maximum absolute atomic E-state index is 12.2. The molecule has 51 valence electrons. The van der Waals surface area contributed by atoms with Crippen LogP contribution in [0.1, 0.15) is 6.92 Å². The van der Waals surface area contributed by atoms with Gasteiger partial charge in [0.15, 0.2) is 12.0 Å². The lowest BCUT2D eigenvalue weighted by molar-refractivity contribution is 0.621. The van der Waals surface area contributed by atoms with Crippen molar-refractivity contribution in [2.45, 2.75) is 13.5 Å². The highest BCUT2D eigenvalue weighted by Gasteiger charge is 1.92. The Morgan fingerprint density at radius 3 is 3.20 bits per heavy atom. The van der Waals surface area contributed by atoms with Crippen LogP contribution >= 0.6 is 0 Å². The van der Waals surface area contributed by atoms with Crippen LogP contribution < -0.4 is 0 Å². The topological polar surface area (TPSA) is 17.8 Å². The molecule has 1 rings (SSSR count). The van der Waals surface area contributed by atoms with Crippen LogP contribution in [-0.2, 0) is 6.54 Å². The summed E-state index contributed by atoms with van der Waals surface area (Å²) in [4.78, 5) is 0. The summed E-state index contributed by atoms with van der Waals surface area (Å²) in [5.41, 5.74) is 0. The minimum atomic E-state index is -0.446. The summed E-state index contributed by atoms with van der Waals surface area (Å²) in [5.74, 6) is 4.97. The van der Waals surface area contributed by atoms with Crippen LogP contribution in [0.5, 0.6) is 0 Å². The standard InChI is InChI=1S/C7H6FN2/c1-2-3-4-10-6-7(8)5-9-10/h6H,4H2,1H3. The molecule has 0 aliphatic carbocycles. The third-order valence-corrected chi connectivity index (χ3v) is 0.965. The first-order valence-corrected chi connectivity index (χ1v) is 2.83. The molecule has 0 atom stereocenters. The van der Waals surface area contributed by atoms with Crippen molar-refractivity contribution in [3.8, 4) is 11.8 Å². The number of hydrogen-bond acceptors (Lipinski definition) is 1. The molecule has 1 radical (unpaired) electrons. The van der Waals surface area contributed by atoms with E-state index in [-0.39, 0.29) is 0 Å². The summed E-state index contributed by atoms with van der Waals surface area (Å²) in [6.07, 6.45) is 3.41. The second kappa shape index (κ2) is 3.02. The maximum atomic E-state index is 12.2. The first-order chi connectivity index (χ1) is 4.83. The molecule has 0 spiro atoms. The molecule has 0 aromatic carbocycles. The first kappa shape index (κ1) is 6.81. The lowest BCUT2D eigenvalue weighted by atomic mass is 10.6. The molecule has 1 aromatic heterocycles. The van der Waals surface area contributed by atoms with Gasteiger partial charge in [0.1, 0.15) is 6.54 Å². The molecular formula is C7H6FN2. The highest BCUT2D eigenvalue weighted by molar-refractivity contribution is 4.96. The van der Waals surface area contributed by atoms with E-state index in [2.05, 4.69) is 23.1 Å². The highest BCUT2D eigenvalue weighted by atomic mass is 19.1. The van der Waals surface area contributed by atoms with Gasteiger partial charge in [-0.1, -0.05) is 5.92 Å². The predicted octanol–water partition coefficient (Wildman–Crippen LogP) is 0.846. The zero-order valence-corrected chi connectivity index (χ0v) is 5.56. The zero-order chi connectivity index (χ0) is 7.40. The summed E-state index contributed by atoms with van der Waals surface area (Å²) in [5, 5.41) is 3.57. The number of halogens is 1. The van der Waals surface area contributed by atoms with Gasteiger partial charge in [0.05, 0.1) is 6.20 Å². The van der Waals surface area contributed by atoms with Gasteiger partial charge in [-0.3, -0.25) is 4.68 Å². The lowest BCUT2D eigenvalue weighted by Crippen LogP contribution is -1.94. The Kier molecular flexibility index (Phi) is 2.06. The average Bonchev–Trinajstić information content (AvgIpc) is 2.31. The molecule has 0 aliphatic rings. The van der Waals surface area contributed by atoms with Crippen molar-refractivity contribution in [1.82, 2.24) is 9.78 Å². The van der Waals surface area contributed by atoms with Gasteiger partial charge in [0, 0.05) is 0 Å². The molecule has 3 heteroatoms. The van der Waals surface area contributed by atoms with Crippen molar-refractivity contribution in [2.75, 3.05) is 0 Å².